The SMILES string of the molecule is CSc1ccccc1Oc1cc(CO)c(Cl)cn1. The quantitative estimate of drug-likeness (QED) is 0.867. The van der Waals surface area contributed by atoms with E-state index in [1.807, 2.05) is 30.5 Å². The molecule has 1 N–H and O–H groups in total. The van der Waals surface area contributed by atoms with Gasteiger partial charge in [-0.15, -0.1) is 11.8 Å². The van der Waals surface area contributed by atoms with Crippen LogP contribution in [0.3, 0.4) is 0 Å². The fraction of sp³-hybridized carbons (Fsp3) is 0.154. The predicted molar refractivity (Wildman–Crippen MR) is 73.5 cm³/mol. The molecular formula is C13H12ClNO2S. The van der Waals surface area contributed by atoms with Crippen LogP contribution in [0.25, 0.3) is 0 Å². The molecule has 0 spiro atoms. The van der Waals surface area contributed by atoms with Crippen LogP contribution in [-0.4, -0.2) is 16.3 Å². The van der Waals surface area contributed by atoms with E-state index in [2.05, 4.69) is 4.98 Å². The molecular weight excluding hydrogens is 270 g/mol. The number of halogens is 1. The molecule has 0 radical (unpaired) electrons. The highest BCUT2D eigenvalue weighted by Crippen LogP contribution is 2.31. The van der Waals surface area contributed by atoms with Crippen molar-refractivity contribution < 1.29 is 9.84 Å². The number of benzene rings is 1. The molecule has 0 aliphatic heterocycles. The highest BCUT2D eigenvalue weighted by atomic mass is 35.5. The average Bonchev–Trinajstić information content (AvgIpc) is 2.41. The lowest BCUT2D eigenvalue weighted by atomic mass is 10.3. The predicted octanol–water partition coefficient (Wildman–Crippen LogP) is 3.74. The van der Waals surface area contributed by atoms with Crippen molar-refractivity contribution in [2.24, 2.45) is 0 Å². The molecule has 2 aromatic rings. The van der Waals surface area contributed by atoms with Gasteiger partial charge in [0.2, 0.25) is 5.88 Å². The summed E-state index contributed by atoms with van der Waals surface area (Å²) in [4.78, 5) is 5.11. The largest absolute Gasteiger partial charge is 0.438 e. The number of rotatable bonds is 4. The van der Waals surface area contributed by atoms with Crippen LogP contribution in [-0.2, 0) is 6.61 Å². The van der Waals surface area contributed by atoms with Crippen molar-refractivity contribution in [2.45, 2.75) is 11.5 Å². The highest BCUT2D eigenvalue weighted by Gasteiger charge is 2.07. The summed E-state index contributed by atoms with van der Waals surface area (Å²) in [7, 11) is 0. The number of hydrogen-bond donors (Lipinski definition) is 1. The second-order valence-electron chi connectivity index (χ2n) is 3.52. The number of aromatic nitrogens is 1. The lowest BCUT2D eigenvalue weighted by Crippen LogP contribution is -1.93. The minimum absolute atomic E-state index is 0.137. The van der Waals surface area contributed by atoms with Crippen molar-refractivity contribution in [3.05, 3.63) is 47.1 Å². The Balaban J connectivity index is 2.28. The average molecular weight is 282 g/mol. The van der Waals surface area contributed by atoms with Gasteiger partial charge in [-0.05, 0) is 18.4 Å². The molecule has 0 atom stereocenters. The normalized spacial score (nSPS) is 10.4. The minimum Gasteiger partial charge on any atom is -0.438 e. The van der Waals surface area contributed by atoms with E-state index in [-0.39, 0.29) is 6.61 Å². The third-order valence-electron chi connectivity index (χ3n) is 2.36. The van der Waals surface area contributed by atoms with Gasteiger partial charge in [0.25, 0.3) is 0 Å². The summed E-state index contributed by atoms with van der Waals surface area (Å²) in [5.41, 5.74) is 0.600. The monoisotopic (exact) mass is 281 g/mol. The van der Waals surface area contributed by atoms with E-state index in [4.69, 9.17) is 21.4 Å². The first kappa shape index (κ1) is 13.2. The fourth-order valence-corrected chi connectivity index (χ4v) is 2.14. The molecule has 5 heteroatoms. The molecule has 0 fully saturated rings. The fourth-order valence-electron chi connectivity index (χ4n) is 1.45. The van der Waals surface area contributed by atoms with Crippen LogP contribution in [0, 0.1) is 0 Å². The number of pyridine rings is 1. The van der Waals surface area contributed by atoms with Gasteiger partial charge in [0.05, 0.1) is 11.6 Å². The van der Waals surface area contributed by atoms with Crippen LogP contribution in [0.4, 0.5) is 0 Å². The van der Waals surface area contributed by atoms with Crippen molar-refractivity contribution in [1.82, 2.24) is 4.98 Å². The molecule has 0 saturated heterocycles. The zero-order valence-electron chi connectivity index (χ0n) is 9.76. The summed E-state index contributed by atoms with van der Waals surface area (Å²) >= 11 is 7.48. The lowest BCUT2D eigenvalue weighted by molar-refractivity contribution is 0.281. The molecule has 3 nitrogen and oxygen atoms in total. The van der Waals surface area contributed by atoms with Gasteiger partial charge >= 0.3 is 0 Å². The summed E-state index contributed by atoms with van der Waals surface area (Å²) in [5, 5.41) is 9.57. The first-order valence-electron chi connectivity index (χ1n) is 5.30. The van der Waals surface area contributed by atoms with Crippen LogP contribution in [0.15, 0.2) is 41.4 Å². The second-order valence-corrected chi connectivity index (χ2v) is 4.78. The molecule has 0 aliphatic rings. The van der Waals surface area contributed by atoms with Gasteiger partial charge in [-0.2, -0.15) is 0 Å². The van der Waals surface area contributed by atoms with E-state index >= 15 is 0 Å². The highest BCUT2D eigenvalue weighted by molar-refractivity contribution is 7.98. The molecule has 18 heavy (non-hydrogen) atoms. The third kappa shape index (κ3) is 2.96. The molecule has 0 bridgehead atoms. The molecule has 94 valence electrons. The second kappa shape index (κ2) is 6.09. The smallest absolute Gasteiger partial charge is 0.219 e. The van der Waals surface area contributed by atoms with E-state index in [1.54, 1.807) is 17.8 Å². The van der Waals surface area contributed by atoms with Gasteiger partial charge in [0, 0.05) is 22.7 Å². The standard InChI is InChI=1S/C13H12ClNO2S/c1-18-12-5-3-2-4-11(12)17-13-6-9(8-16)10(14)7-15-13/h2-7,16H,8H2,1H3. The van der Waals surface area contributed by atoms with Gasteiger partial charge < -0.3 is 9.84 Å². The maximum absolute atomic E-state index is 9.14. The number of nitrogens with zero attached hydrogens (tertiary/aromatic N) is 1. The molecule has 0 saturated carbocycles. The number of ether oxygens (including phenoxy) is 1. The van der Waals surface area contributed by atoms with Crippen LogP contribution < -0.4 is 4.74 Å². The number of aliphatic hydroxyl groups excluding tert-OH is 1. The Morgan fingerprint density at radius 1 is 1.39 bits per heavy atom. The number of aliphatic hydroxyl groups is 1. The van der Waals surface area contributed by atoms with Crippen LogP contribution in [0.2, 0.25) is 5.02 Å². The Hall–Kier alpha value is -1.23. The van der Waals surface area contributed by atoms with Crippen molar-refractivity contribution in [3.8, 4) is 11.6 Å². The zero-order valence-corrected chi connectivity index (χ0v) is 11.3. The van der Waals surface area contributed by atoms with Crippen LogP contribution >= 0.6 is 23.4 Å². The van der Waals surface area contributed by atoms with Gasteiger partial charge in [-0.25, -0.2) is 4.98 Å². The Bertz CT molecular complexity index is 548. The zero-order chi connectivity index (χ0) is 13.0. The summed E-state index contributed by atoms with van der Waals surface area (Å²) < 4.78 is 5.70. The van der Waals surface area contributed by atoms with Crippen molar-refractivity contribution >= 4 is 23.4 Å². The van der Waals surface area contributed by atoms with E-state index in [0.717, 1.165) is 10.6 Å². The maximum Gasteiger partial charge on any atom is 0.219 e. The van der Waals surface area contributed by atoms with E-state index in [0.29, 0.717) is 16.5 Å². The lowest BCUT2D eigenvalue weighted by Gasteiger charge is -2.09. The van der Waals surface area contributed by atoms with Crippen molar-refractivity contribution in [2.75, 3.05) is 6.26 Å². The maximum atomic E-state index is 9.14. The Kier molecular flexibility index (Phi) is 4.47. The van der Waals surface area contributed by atoms with Gasteiger partial charge in [0.15, 0.2) is 0 Å². The molecule has 1 heterocycles. The van der Waals surface area contributed by atoms with E-state index in [1.165, 1.54) is 6.20 Å². The van der Waals surface area contributed by atoms with Crippen LogP contribution in [0.1, 0.15) is 5.56 Å². The van der Waals surface area contributed by atoms with Crippen LogP contribution in [0.5, 0.6) is 11.6 Å². The number of thioether (sulfide) groups is 1. The first-order valence-corrected chi connectivity index (χ1v) is 6.91. The summed E-state index contributed by atoms with van der Waals surface area (Å²) in [6.45, 7) is -0.137. The van der Waals surface area contributed by atoms with Crippen molar-refractivity contribution in [1.29, 1.82) is 0 Å². The Morgan fingerprint density at radius 2 is 2.17 bits per heavy atom. The third-order valence-corrected chi connectivity index (χ3v) is 3.48. The topological polar surface area (TPSA) is 42.4 Å². The number of para-hydroxylation sites is 1. The summed E-state index contributed by atoms with van der Waals surface area (Å²) in [6, 6.07) is 9.34. The molecule has 0 amide bonds. The Labute approximate surface area is 115 Å². The molecule has 2 rings (SSSR count). The van der Waals surface area contributed by atoms with Gasteiger partial charge in [-0.1, -0.05) is 23.7 Å². The van der Waals surface area contributed by atoms with E-state index < -0.39 is 0 Å². The van der Waals surface area contributed by atoms with Gasteiger partial charge in [0.1, 0.15) is 5.75 Å². The molecule has 0 unspecified atom stereocenters. The molecule has 0 aliphatic carbocycles. The minimum atomic E-state index is -0.137. The molecule has 1 aromatic carbocycles. The summed E-state index contributed by atoms with van der Waals surface area (Å²) in [5.74, 6) is 1.16. The molecule has 1 aromatic heterocycles. The van der Waals surface area contributed by atoms with Gasteiger partial charge in [-0.3, -0.25) is 0 Å². The Morgan fingerprint density at radius 3 is 2.89 bits per heavy atom. The first-order chi connectivity index (χ1) is 8.74. The summed E-state index contributed by atoms with van der Waals surface area (Å²) in [6.07, 6.45) is 3.46. The van der Waals surface area contributed by atoms with Crippen molar-refractivity contribution in [3.63, 3.8) is 0 Å². The van der Waals surface area contributed by atoms with E-state index in [9.17, 15) is 0 Å². The number of hydrogen-bond acceptors (Lipinski definition) is 4.